The summed E-state index contributed by atoms with van der Waals surface area (Å²) in [5.74, 6) is 1.62. The van der Waals surface area contributed by atoms with Crippen molar-refractivity contribution in [2.75, 3.05) is 7.05 Å². The SMILES string of the molecule is Br.Cc1ccc(O)c(C(CC2C=CC=CN2C)C2CCCCC2)c1. The molecule has 1 aromatic rings. The molecule has 2 atom stereocenters. The maximum atomic E-state index is 10.5. The molecule has 0 spiro atoms. The molecule has 1 saturated carbocycles. The summed E-state index contributed by atoms with van der Waals surface area (Å²) >= 11 is 0. The number of aromatic hydroxyl groups is 1. The molecule has 0 aromatic heterocycles. The van der Waals surface area contributed by atoms with Crippen LogP contribution in [0.3, 0.4) is 0 Å². The Kier molecular flexibility index (Phi) is 6.97. The van der Waals surface area contributed by atoms with Gasteiger partial charge in [0, 0.05) is 13.1 Å². The highest BCUT2D eigenvalue weighted by molar-refractivity contribution is 8.93. The van der Waals surface area contributed by atoms with Crippen molar-refractivity contribution in [3.63, 3.8) is 0 Å². The van der Waals surface area contributed by atoms with Crippen LogP contribution >= 0.6 is 17.0 Å². The Hall–Kier alpha value is -1.22. The van der Waals surface area contributed by atoms with E-state index in [0.717, 1.165) is 12.0 Å². The van der Waals surface area contributed by atoms with Gasteiger partial charge in [0.1, 0.15) is 5.75 Å². The van der Waals surface area contributed by atoms with Gasteiger partial charge in [-0.1, -0.05) is 49.1 Å². The van der Waals surface area contributed by atoms with Crippen molar-refractivity contribution in [2.24, 2.45) is 5.92 Å². The Morgan fingerprint density at radius 1 is 1.17 bits per heavy atom. The van der Waals surface area contributed by atoms with E-state index in [4.69, 9.17) is 0 Å². The lowest BCUT2D eigenvalue weighted by Gasteiger charge is -2.36. The number of phenols is 1. The second-order valence-corrected chi connectivity index (χ2v) is 7.26. The molecular formula is C21H30BrNO. The second kappa shape index (κ2) is 8.75. The zero-order valence-corrected chi connectivity index (χ0v) is 16.5. The fraction of sp³-hybridized carbons (Fsp3) is 0.524. The van der Waals surface area contributed by atoms with Crippen LogP contribution in [-0.4, -0.2) is 23.1 Å². The molecule has 3 heteroatoms. The molecular weight excluding hydrogens is 362 g/mol. The molecule has 0 radical (unpaired) electrons. The quantitative estimate of drug-likeness (QED) is 0.709. The number of hydrogen-bond donors (Lipinski definition) is 1. The minimum Gasteiger partial charge on any atom is -0.508 e. The van der Waals surface area contributed by atoms with Crippen LogP contribution in [0.25, 0.3) is 0 Å². The average Bonchev–Trinajstić information content (AvgIpc) is 2.57. The molecule has 1 heterocycles. The summed E-state index contributed by atoms with van der Waals surface area (Å²) in [6.07, 6.45) is 16.4. The summed E-state index contributed by atoms with van der Waals surface area (Å²) in [6, 6.07) is 6.51. The van der Waals surface area contributed by atoms with Crippen LogP contribution < -0.4 is 0 Å². The summed E-state index contributed by atoms with van der Waals surface area (Å²) < 4.78 is 0. The van der Waals surface area contributed by atoms with E-state index in [1.807, 2.05) is 12.1 Å². The Bertz CT molecular complexity index is 590. The predicted molar refractivity (Wildman–Crippen MR) is 107 cm³/mol. The number of benzene rings is 1. The minimum atomic E-state index is 0. The van der Waals surface area contributed by atoms with Crippen LogP contribution in [0.5, 0.6) is 5.75 Å². The number of hydrogen-bond acceptors (Lipinski definition) is 2. The molecule has 2 unspecified atom stereocenters. The van der Waals surface area contributed by atoms with Crippen LogP contribution in [0.15, 0.2) is 42.6 Å². The molecule has 1 fully saturated rings. The second-order valence-electron chi connectivity index (χ2n) is 7.26. The van der Waals surface area contributed by atoms with Gasteiger partial charge in [-0.2, -0.15) is 0 Å². The Morgan fingerprint density at radius 2 is 1.92 bits per heavy atom. The molecule has 0 amide bonds. The highest BCUT2D eigenvalue weighted by atomic mass is 79.9. The van der Waals surface area contributed by atoms with Gasteiger partial charge in [-0.3, -0.25) is 0 Å². The van der Waals surface area contributed by atoms with E-state index in [2.05, 4.69) is 49.4 Å². The highest BCUT2D eigenvalue weighted by Crippen LogP contribution is 2.42. The van der Waals surface area contributed by atoms with Gasteiger partial charge in [-0.15, -0.1) is 17.0 Å². The maximum absolute atomic E-state index is 10.5. The summed E-state index contributed by atoms with van der Waals surface area (Å²) in [7, 11) is 2.15. The molecule has 1 aromatic carbocycles. The normalized spacial score (nSPS) is 22.2. The van der Waals surface area contributed by atoms with Crippen molar-refractivity contribution >= 4 is 17.0 Å². The van der Waals surface area contributed by atoms with E-state index in [1.54, 1.807) is 0 Å². The maximum Gasteiger partial charge on any atom is 0.119 e. The average molecular weight is 392 g/mol. The predicted octanol–water partition coefficient (Wildman–Crippen LogP) is 5.72. The molecule has 3 rings (SSSR count). The van der Waals surface area contributed by atoms with Gasteiger partial charge in [-0.25, -0.2) is 0 Å². The molecule has 0 bridgehead atoms. The lowest BCUT2D eigenvalue weighted by molar-refractivity contribution is 0.250. The van der Waals surface area contributed by atoms with Gasteiger partial charge in [0.15, 0.2) is 0 Å². The lowest BCUT2D eigenvalue weighted by Crippen LogP contribution is -2.31. The van der Waals surface area contributed by atoms with E-state index >= 15 is 0 Å². The van der Waals surface area contributed by atoms with Gasteiger partial charge in [-0.05, 0) is 61.9 Å². The number of likely N-dealkylation sites (N-methyl/N-ethyl adjacent to an activating group) is 1. The number of phenolic OH excluding ortho intramolecular Hbond substituents is 1. The summed E-state index contributed by atoms with van der Waals surface area (Å²) in [5, 5.41) is 10.5. The van der Waals surface area contributed by atoms with E-state index in [9.17, 15) is 5.11 Å². The first-order valence-corrected chi connectivity index (χ1v) is 9.01. The Balaban J connectivity index is 0.00000208. The van der Waals surface area contributed by atoms with Crippen molar-refractivity contribution in [1.82, 2.24) is 4.90 Å². The number of aryl methyl sites for hydroxylation is 1. The van der Waals surface area contributed by atoms with E-state index in [0.29, 0.717) is 23.6 Å². The molecule has 2 aliphatic rings. The molecule has 1 aliphatic carbocycles. The number of halogens is 1. The largest absolute Gasteiger partial charge is 0.508 e. The van der Waals surface area contributed by atoms with Gasteiger partial charge >= 0.3 is 0 Å². The molecule has 1 N–H and O–H groups in total. The van der Waals surface area contributed by atoms with Crippen molar-refractivity contribution in [1.29, 1.82) is 0 Å². The summed E-state index contributed by atoms with van der Waals surface area (Å²) in [4.78, 5) is 2.29. The van der Waals surface area contributed by atoms with Crippen molar-refractivity contribution in [3.05, 3.63) is 53.8 Å². The fourth-order valence-electron chi connectivity index (χ4n) is 4.21. The Morgan fingerprint density at radius 3 is 2.62 bits per heavy atom. The van der Waals surface area contributed by atoms with Gasteiger partial charge in [0.25, 0.3) is 0 Å². The monoisotopic (exact) mass is 391 g/mol. The third kappa shape index (κ3) is 4.44. The molecule has 24 heavy (non-hydrogen) atoms. The van der Waals surface area contributed by atoms with Crippen molar-refractivity contribution < 1.29 is 5.11 Å². The highest BCUT2D eigenvalue weighted by Gasteiger charge is 2.30. The minimum absolute atomic E-state index is 0. The van der Waals surface area contributed by atoms with Crippen LogP contribution in [0.1, 0.15) is 55.6 Å². The number of allylic oxidation sites excluding steroid dienone is 2. The Labute approximate surface area is 157 Å². The number of nitrogens with zero attached hydrogens (tertiary/aromatic N) is 1. The summed E-state index contributed by atoms with van der Waals surface area (Å²) in [5.41, 5.74) is 2.40. The standard InChI is InChI=1S/C21H29NO.BrH/c1-16-11-12-21(23)20(14-16)19(17-8-4-3-5-9-17)15-18-10-6-7-13-22(18)2;/h6-7,10-14,17-19,23H,3-5,8-9,15H2,1-2H3;1H. The molecule has 0 saturated heterocycles. The van der Waals surface area contributed by atoms with Crippen molar-refractivity contribution in [3.8, 4) is 5.75 Å². The fourth-order valence-corrected chi connectivity index (χ4v) is 4.21. The first-order chi connectivity index (χ1) is 11.1. The van der Waals surface area contributed by atoms with Crippen LogP contribution in [-0.2, 0) is 0 Å². The van der Waals surface area contributed by atoms with Gasteiger partial charge in [0.05, 0.1) is 0 Å². The lowest BCUT2D eigenvalue weighted by atomic mass is 9.73. The van der Waals surface area contributed by atoms with Crippen molar-refractivity contribution in [2.45, 2.75) is 57.4 Å². The van der Waals surface area contributed by atoms with Crippen LogP contribution in [0.4, 0.5) is 0 Å². The van der Waals surface area contributed by atoms with E-state index < -0.39 is 0 Å². The van der Waals surface area contributed by atoms with Crippen LogP contribution in [0, 0.1) is 12.8 Å². The van der Waals surface area contributed by atoms with Gasteiger partial charge in [0.2, 0.25) is 0 Å². The first-order valence-electron chi connectivity index (χ1n) is 9.01. The number of rotatable bonds is 4. The molecule has 1 aliphatic heterocycles. The van der Waals surface area contributed by atoms with E-state index in [-0.39, 0.29) is 17.0 Å². The van der Waals surface area contributed by atoms with Gasteiger partial charge < -0.3 is 10.0 Å². The zero-order chi connectivity index (χ0) is 16.2. The molecule has 132 valence electrons. The first kappa shape index (κ1) is 19.1. The summed E-state index contributed by atoms with van der Waals surface area (Å²) in [6.45, 7) is 2.12. The topological polar surface area (TPSA) is 23.5 Å². The van der Waals surface area contributed by atoms with E-state index in [1.165, 1.54) is 37.7 Å². The third-order valence-corrected chi connectivity index (χ3v) is 5.59. The zero-order valence-electron chi connectivity index (χ0n) is 14.8. The molecule has 2 nitrogen and oxygen atoms in total. The third-order valence-electron chi connectivity index (χ3n) is 5.59. The smallest absolute Gasteiger partial charge is 0.119 e. The van der Waals surface area contributed by atoms with Crippen LogP contribution in [0.2, 0.25) is 0 Å².